The molecule has 0 aliphatic rings. The molecule has 126 valence electrons. The summed E-state index contributed by atoms with van der Waals surface area (Å²) in [5.41, 5.74) is 0.973. The number of H-pyrrole nitrogens is 1. The zero-order chi connectivity index (χ0) is 17.6. The summed E-state index contributed by atoms with van der Waals surface area (Å²) in [6, 6.07) is 11.8. The number of carbonyl (C=O) groups is 2. The van der Waals surface area contributed by atoms with Crippen LogP contribution < -0.4 is 10.6 Å². The first-order valence-electron chi connectivity index (χ1n) is 7.29. The number of hydrogen-bond donors (Lipinski definition) is 3. The maximum absolute atomic E-state index is 11.9. The number of amides is 2. The van der Waals surface area contributed by atoms with E-state index in [0.29, 0.717) is 22.1 Å². The largest absolute Gasteiger partial charge is 0.343 e. The maximum atomic E-state index is 11.9. The molecule has 25 heavy (non-hydrogen) atoms. The van der Waals surface area contributed by atoms with Crippen LogP contribution in [0.15, 0.2) is 48.7 Å². The minimum Gasteiger partial charge on any atom is -0.343 e. The molecule has 3 rings (SSSR count). The van der Waals surface area contributed by atoms with Gasteiger partial charge >= 0.3 is 0 Å². The first kappa shape index (κ1) is 16.6. The molecule has 0 atom stereocenters. The van der Waals surface area contributed by atoms with Crippen molar-refractivity contribution < 1.29 is 9.59 Å². The Balaban J connectivity index is 1.55. The van der Waals surface area contributed by atoms with E-state index in [2.05, 4.69) is 30.8 Å². The highest BCUT2D eigenvalue weighted by atomic mass is 35.5. The molecule has 0 unspecified atom stereocenters. The molecular weight excluding hydrogens is 344 g/mol. The summed E-state index contributed by atoms with van der Waals surface area (Å²) in [7, 11) is 0. The maximum Gasteiger partial charge on any atom is 0.251 e. The third kappa shape index (κ3) is 4.39. The molecule has 2 amide bonds. The highest BCUT2D eigenvalue weighted by Crippen LogP contribution is 2.12. The summed E-state index contributed by atoms with van der Waals surface area (Å²) in [6.07, 6.45) is 1.63. The lowest BCUT2D eigenvalue weighted by atomic mass is 10.2. The molecule has 1 aromatic carbocycles. The predicted molar refractivity (Wildman–Crippen MR) is 92.0 cm³/mol. The van der Waals surface area contributed by atoms with Crippen molar-refractivity contribution in [1.29, 1.82) is 0 Å². The molecule has 2 aromatic heterocycles. The Bertz CT molecular complexity index is 896. The molecule has 0 aliphatic carbocycles. The fourth-order valence-corrected chi connectivity index (χ4v) is 2.19. The summed E-state index contributed by atoms with van der Waals surface area (Å²) in [4.78, 5) is 32.1. The van der Waals surface area contributed by atoms with E-state index in [9.17, 15) is 9.59 Å². The number of carbonyl (C=O) groups excluding carboxylic acids is 2. The van der Waals surface area contributed by atoms with Crippen LogP contribution in [0.3, 0.4) is 0 Å². The lowest BCUT2D eigenvalue weighted by molar-refractivity contribution is -0.115. The highest BCUT2D eigenvalue weighted by Gasteiger charge is 2.11. The molecule has 0 radical (unpaired) electrons. The molecule has 8 nitrogen and oxygen atoms in total. The van der Waals surface area contributed by atoms with Gasteiger partial charge in [-0.25, -0.2) is 0 Å². The van der Waals surface area contributed by atoms with Gasteiger partial charge in [0.05, 0.1) is 6.54 Å². The molecular formula is C16H13ClN6O2. The number of aromatic amines is 1. The van der Waals surface area contributed by atoms with Crippen LogP contribution in [0.25, 0.3) is 11.5 Å². The third-order valence-electron chi connectivity index (χ3n) is 3.14. The van der Waals surface area contributed by atoms with Crippen LogP contribution in [0, 0.1) is 0 Å². The smallest absolute Gasteiger partial charge is 0.251 e. The van der Waals surface area contributed by atoms with Gasteiger partial charge in [-0.3, -0.25) is 25.0 Å². The average molecular weight is 357 g/mol. The van der Waals surface area contributed by atoms with Crippen LogP contribution in [0.1, 0.15) is 10.4 Å². The lowest BCUT2D eigenvalue weighted by Crippen LogP contribution is -2.33. The normalized spacial score (nSPS) is 10.3. The fraction of sp³-hybridized carbons (Fsp3) is 0.0625. The van der Waals surface area contributed by atoms with Crippen molar-refractivity contribution in [1.82, 2.24) is 25.5 Å². The number of halogens is 1. The Morgan fingerprint density at radius 1 is 1.16 bits per heavy atom. The SMILES string of the molecule is O=C(CNC(=O)c1cccc(Cl)c1)Nc1n[nH]c(-c2ccccn2)n1. The van der Waals surface area contributed by atoms with E-state index in [1.54, 1.807) is 36.5 Å². The van der Waals surface area contributed by atoms with Crippen LogP contribution in [0.5, 0.6) is 0 Å². The van der Waals surface area contributed by atoms with E-state index in [-0.39, 0.29) is 12.5 Å². The molecule has 0 saturated carbocycles. The first-order chi connectivity index (χ1) is 12.1. The summed E-state index contributed by atoms with van der Waals surface area (Å²) < 4.78 is 0. The van der Waals surface area contributed by atoms with Crippen molar-refractivity contribution in [3.8, 4) is 11.5 Å². The monoisotopic (exact) mass is 356 g/mol. The topological polar surface area (TPSA) is 113 Å². The fourth-order valence-electron chi connectivity index (χ4n) is 2.00. The van der Waals surface area contributed by atoms with Gasteiger partial charge < -0.3 is 5.32 Å². The van der Waals surface area contributed by atoms with E-state index < -0.39 is 11.8 Å². The minimum atomic E-state index is -0.457. The van der Waals surface area contributed by atoms with Crippen LogP contribution >= 0.6 is 11.6 Å². The van der Waals surface area contributed by atoms with Gasteiger partial charge in [0.1, 0.15) is 5.69 Å². The van der Waals surface area contributed by atoms with E-state index in [1.807, 2.05) is 6.07 Å². The number of nitrogens with zero attached hydrogens (tertiary/aromatic N) is 3. The highest BCUT2D eigenvalue weighted by molar-refractivity contribution is 6.31. The van der Waals surface area contributed by atoms with Crippen molar-refractivity contribution in [2.75, 3.05) is 11.9 Å². The molecule has 0 saturated heterocycles. The second kappa shape index (κ2) is 7.54. The van der Waals surface area contributed by atoms with Crippen LogP contribution in [-0.2, 0) is 4.79 Å². The number of anilines is 1. The summed E-state index contributed by atoms with van der Waals surface area (Å²) in [6.45, 7) is -0.223. The molecule has 0 spiro atoms. The summed E-state index contributed by atoms with van der Waals surface area (Å²) >= 11 is 5.83. The lowest BCUT2D eigenvalue weighted by Gasteiger charge is -2.05. The summed E-state index contributed by atoms with van der Waals surface area (Å²) in [5.74, 6) is -0.328. The molecule has 9 heteroatoms. The molecule has 3 aromatic rings. The molecule has 0 bridgehead atoms. The third-order valence-corrected chi connectivity index (χ3v) is 3.38. The van der Waals surface area contributed by atoms with Crippen molar-refractivity contribution in [2.45, 2.75) is 0 Å². The number of rotatable bonds is 5. The quantitative estimate of drug-likeness (QED) is 0.646. The molecule has 0 fully saturated rings. The number of aromatic nitrogens is 4. The molecule has 3 N–H and O–H groups in total. The van der Waals surface area contributed by atoms with Crippen molar-refractivity contribution in [3.05, 3.63) is 59.2 Å². The zero-order valence-electron chi connectivity index (χ0n) is 12.9. The molecule has 0 aliphatic heterocycles. The van der Waals surface area contributed by atoms with Gasteiger partial charge in [-0.1, -0.05) is 23.7 Å². The van der Waals surface area contributed by atoms with Gasteiger partial charge in [-0.05, 0) is 30.3 Å². The number of hydrogen-bond acceptors (Lipinski definition) is 5. The van der Waals surface area contributed by atoms with E-state index in [0.717, 1.165) is 0 Å². The van der Waals surface area contributed by atoms with Gasteiger partial charge in [-0.2, -0.15) is 4.98 Å². The number of pyridine rings is 1. The second-order valence-electron chi connectivity index (χ2n) is 4.96. The predicted octanol–water partition coefficient (Wildman–Crippen LogP) is 1.89. The average Bonchev–Trinajstić information content (AvgIpc) is 3.09. The van der Waals surface area contributed by atoms with Gasteiger partial charge in [-0.15, -0.1) is 5.10 Å². The Kier molecular flexibility index (Phi) is 5.00. The first-order valence-corrected chi connectivity index (χ1v) is 7.67. The summed E-state index contributed by atoms with van der Waals surface area (Å²) in [5, 5.41) is 12.0. The number of benzene rings is 1. The standard InChI is InChI=1S/C16H13ClN6O2/c17-11-5-3-4-10(8-11)15(25)19-9-13(24)20-16-21-14(22-23-16)12-6-1-2-7-18-12/h1-8H,9H2,(H,19,25)(H2,20,21,22,23,24). The number of nitrogens with one attached hydrogen (secondary N) is 3. The second-order valence-corrected chi connectivity index (χ2v) is 5.40. The molecule has 2 heterocycles. The van der Waals surface area contributed by atoms with E-state index in [4.69, 9.17) is 11.6 Å². The van der Waals surface area contributed by atoms with E-state index in [1.165, 1.54) is 6.07 Å². The van der Waals surface area contributed by atoms with Crippen LogP contribution in [-0.4, -0.2) is 38.5 Å². The van der Waals surface area contributed by atoms with Gasteiger partial charge in [0.25, 0.3) is 5.91 Å². The van der Waals surface area contributed by atoms with Crippen molar-refractivity contribution in [3.63, 3.8) is 0 Å². The Labute approximate surface area is 147 Å². The Morgan fingerprint density at radius 3 is 2.80 bits per heavy atom. The zero-order valence-corrected chi connectivity index (χ0v) is 13.6. The Hall–Kier alpha value is -3.26. The van der Waals surface area contributed by atoms with Crippen LogP contribution in [0.4, 0.5) is 5.95 Å². The van der Waals surface area contributed by atoms with Gasteiger partial charge in [0, 0.05) is 16.8 Å². The Morgan fingerprint density at radius 2 is 2.04 bits per heavy atom. The van der Waals surface area contributed by atoms with Gasteiger partial charge in [0.15, 0.2) is 5.82 Å². The van der Waals surface area contributed by atoms with Gasteiger partial charge in [0.2, 0.25) is 11.9 Å². The van der Waals surface area contributed by atoms with Crippen molar-refractivity contribution >= 4 is 29.4 Å². The van der Waals surface area contributed by atoms with Crippen LogP contribution in [0.2, 0.25) is 5.02 Å². The van der Waals surface area contributed by atoms with Crippen molar-refractivity contribution in [2.24, 2.45) is 0 Å². The minimum absolute atomic E-state index is 0.0997. The van der Waals surface area contributed by atoms with E-state index >= 15 is 0 Å².